The number of imidazole rings is 1. The van der Waals surface area contributed by atoms with Crippen molar-refractivity contribution in [3.05, 3.63) is 142 Å². The number of aromatic nitrogens is 10. The normalized spacial score (nSPS) is 19.9. The molecule has 3 aromatic carbocycles. The van der Waals surface area contributed by atoms with Crippen LogP contribution in [0, 0.1) is 17.8 Å². The van der Waals surface area contributed by atoms with E-state index in [1.165, 1.54) is 0 Å². The first-order valence-corrected chi connectivity index (χ1v) is 26.4. The fourth-order valence-electron chi connectivity index (χ4n) is 9.96. The largest absolute Gasteiger partial charge is 0.468 e. The number of benzene rings is 3. The van der Waals surface area contributed by atoms with Crippen LogP contribution < -0.4 is 21.1 Å². The van der Waals surface area contributed by atoms with E-state index in [0.29, 0.717) is 56.6 Å². The van der Waals surface area contributed by atoms with Crippen molar-refractivity contribution >= 4 is 96.7 Å². The molecule has 386 valence electrons. The minimum atomic E-state index is -0.463. The van der Waals surface area contributed by atoms with Gasteiger partial charge < -0.3 is 25.8 Å². The summed E-state index contributed by atoms with van der Waals surface area (Å²) in [5, 5.41) is 8.36. The lowest BCUT2D eigenvalue weighted by Crippen LogP contribution is -2.46. The third kappa shape index (κ3) is 12.9. The van der Waals surface area contributed by atoms with E-state index in [0.717, 1.165) is 125 Å². The zero-order valence-electron chi connectivity index (χ0n) is 42.1. The molecule has 19 heteroatoms. The number of pyridine rings is 2. The Bertz CT molecular complexity index is 3480. The van der Waals surface area contributed by atoms with Crippen LogP contribution in [0.4, 0.5) is 16.3 Å². The van der Waals surface area contributed by atoms with Gasteiger partial charge in [0.25, 0.3) is 6.01 Å². The molecule has 0 unspecified atom stereocenters. The van der Waals surface area contributed by atoms with Gasteiger partial charge in [0.1, 0.15) is 16.9 Å². The van der Waals surface area contributed by atoms with E-state index >= 15 is 0 Å². The van der Waals surface area contributed by atoms with E-state index in [1.807, 2.05) is 118 Å². The Balaban J connectivity index is 0.000000129. The highest BCUT2D eigenvalue weighted by atomic mass is 35.5. The number of anilines is 2. The maximum atomic E-state index is 11.7. The standard InChI is InChI=1S/C20H18ClN5O.C18H18ClN5.C18H22ClN3O2/c1-27-20-25-17-3-2-6-22-19(17)26(20)15-8-12(9-15)7-14-11-23-16-5-4-13(21)10-18(16)24-14;19-12-3-4-16-17(9-12)23-14(10-22-16)8-11-6-13(7-11)24-18-15(20)2-1-5-21-18;1-18(2,3)24-17(23)22-13-6-11(7-13)8-14-10-20-15-5-4-12(19)9-16(15)21-14/h2-6,10-12,15H,7-9H2,1H3;1-5,9-11,13H,6-8,20H2,(H,21,24);4-5,9-11,13H,6-8H2,1-3H3,(H,22,23). The minimum Gasteiger partial charge on any atom is -0.468 e. The van der Waals surface area contributed by atoms with Gasteiger partial charge in [-0.15, -0.1) is 0 Å². The van der Waals surface area contributed by atoms with E-state index in [-0.39, 0.29) is 12.1 Å². The number of carbonyl (C=O) groups excluding carboxylic acids is 1. The van der Waals surface area contributed by atoms with Crippen LogP contribution >= 0.6 is 34.8 Å². The number of halogens is 3. The second kappa shape index (κ2) is 22.5. The molecule has 0 radical (unpaired) electrons. The predicted molar refractivity (Wildman–Crippen MR) is 295 cm³/mol. The molecule has 0 spiro atoms. The lowest BCUT2D eigenvalue weighted by molar-refractivity contribution is 0.0452. The smallest absolute Gasteiger partial charge is 0.407 e. The molecule has 0 saturated heterocycles. The van der Waals surface area contributed by atoms with Crippen molar-refractivity contribution < 1.29 is 14.3 Å². The number of hydrogen-bond acceptors (Lipinski definition) is 14. The second-order valence-electron chi connectivity index (χ2n) is 20.7. The quantitative estimate of drug-likeness (QED) is 0.110. The Hall–Kier alpha value is -7.01. The molecule has 3 saturated carbocycles. The maximum absolute atomic E-state index is 11.7. The molecule has 9 aromatic rings. The van der Waals surface area contributed by atoms with Crippen molar-refractivity contribution in [2.75, 3.05) is 18.2 Å². The number of carbonyl (C=O) groups is 1. The Kier molecular flexibility index (Phi) is 15.4. The number of ether oxygens (including phenoxy) is 2. The highest BCUT2D eigenvalue weighted by Gasteiger charge is 2.35. The lowest BCUT2D eigenvalue weighted by atomic mass is 9.77. The zero-order chi connectivity index (χ0) is 52.2. The molecule has 3 aliphatic carbocycles. The van der Waals surface area contributed by atoms with Gasteiger partial charge in [-0.05, 0) is 175 Å². The van der Waals surface area contributed by atoms with Crippen molar-refractivity contribution in [1.29, 1.82) is 0 Å². The number of amides is 1. The van der Waals surface area contributed by atoms with Gasteiger partial charge in [-0.2, -0.15) is 4.98 Å². The Morgan fingerprint density at radius 2 is 1.09 bits per heavy atom. The fourth-order valence-corrected chi connectivity index (χ4v) is 10.5. The lowest BCUT2D eigenvalue weighted by Gasteiger charge is -2.36. The van der Waals surface area contributed by atoms with Crippen LogP contribution in [0.15, 0.2) is 110 Å². The van der Waals surface area contributed by atoms with Crippen LogP contribution in [0.3, 0.4) is 0 Å². The molecule has 16 nitrogen and oxygen atoms in total. The fraction of sp³-hybridized carbons (Fsp3) is 0.357. The van der Waals surface area contributed by atoms with E-state index < -0.39 is 5.60 Å². The monoisotopic (exact) mass is 1070 g/mol. The number of methoxy groups -OCH3 is 1. The molecule has 0 atom stereocenters. The molecule has 3 fully saturated rings. The molecule has 1 amide bonds. The van der Waals surface area contributed by atoms with Gasteiger partial charge >= 0.3 is 6.09 Å². The molecular weight excluding hydrogens is 1010 g/mol. The summed E-state index contributed by atoms with van der Waals surface area (Å²) in [6.45, 7) is 5.59. The zero-order valence-corrected chi connectivity index (χ0v) is 44.4. The Morgan fingerprint density at radius 3 is 1.59 bits per heavy atom. The maximum Gasteiger partial charge on any atom is 0.407 e. The van der Waals surface area contributed by atoms with Gasteiger partial charge in [-0.25, -0.2) is 29.7 Å². The van der Waals surface area contributed by atoms with Gasteiger partial charge in [0, 0.05) is 64.2 Å². The Morgan fingerprint density at radius 1 is 0.613 bits per heavy atom. The molecule has 12 rings (SSSR count). The van der Waals surface area contributed by atoms with Crippen LogP contribution in [0.25, 0.3) is 44.3 Å². The Labute approximate surface area is 449 Å². The number of hydrogen-bond donors (Lipinski definition) is 3. The predicted octanol–water partition coefficient (Wildman–Crippen LogP) is 12.1. The highest BCUT2D eigenvalue weighted by molar-refractivity contribution is 6.31. The third-order valence-corrected chi connectivity index (χ3v) is 14.4. The highest BCUT2D eigenvalue weighted by Crippen LogP contribution is 2.43. The van der Waals surface area contributed by atoms with Crippen molar-refractivity contribution in [2.45, 2.75) is 102 Å². The van der Waals surface area contributed by atoms with Gasteiger partial charge in [0.2, 0.25) is 0 Å². The van der Waals surface area contributed by atoms with Crippen LogP contribution in [-0.4, -0.2) is 80.3 Å². The van der Waals surface area contributed by atoms with E-state index in [4.69, 9.17) is 55.0 Å². The number of fused-ring (bicyclic) bond motifs is 4. The van der Waals surface area contributed by atoms with Crippen LogP contribution in [0.2, 0.25) is 15.1 Å². The van der Waals surface area contributed by atoms with Crippen LogP contribution in [-0.2, 0) is 24.0 Å². The van der Waals surface area contributed by atoms with Gasteiger partial charge in [0.05, 0.1) is 63.0 Å². The third-order valence-electron chi connectivity index (χ3n) is 13.7. The molecular formula is C56H58Cl3N13O3. The number of nitrogens with one attached hydrogen (secondary N) is 2. The average Bonchev–Trinajstić information content (AvgIpc) is 3.72. The average molecular weight is 1070 g/mol. The second-order valence-corrected chi connectivity index (χ2v) is 22.0. The first kappa shape index (κ1) is 51.5. The number of nitrogens with zero attached hydrogens (tertiary/aromatic N) is 10. The summed E-state index contributed by atoms with van der Waals surface area (Å²) in [5.41, 5.74) is 16.0. The van der Waals surface area contributed by atoms with Crippen molar-refractivity contribution in [3.63, 3.8) is 0 Å². The number of nitrogens with two attached hydrogens (primary N) is 1. The van der Waals surface area contributed by atoms with Crippen molar-refractivity contribution in [3.8, 4) is 6.01 Å². The SMILES string of the molecule is CC(C)(C)OC(=O)NC1CC(Cc2cnc3ccc(Cl)cc3n2)C1.COc1nc2cccnc2n1C1CC(Cc2cnc3ccc(Cl)cc3n2)C1.Nc1cccnc1NC1CC(Cc2cnc3ccc(Cl)cc3n2)C1. The van der Waals surface area contributed by atoms with Crippen LogP contribution in [0.5, 0.6) is 6.01 Å². The summed E-state index contributed by atoms with van der Waals surface area (Å²) in [4.78, 5) is 52.5. The topological polar surface area (TPSA) is 207 Å². The number of rotatable bonds is 11. The van der Waals surface area contributed by atoms with Crippen molar-refractivity contribution in [2.24, 2.45) is 17.8 Å². The molecule has 0 bridgehead atoms. The molecule has 6 heterocycles. The summed E-state index contributed by atoms with van der Waals surface area (Å²) < 4.78 is 12.9. The first-order chi connectivity index (χ1) is 36.2. The first-order valence-electron chi connectivity index (χ1n) is 25.2. The van der Waals surface area contributed by atoms with Gasteiger partial charge in [-0.1, -0.05) is 34.8 Å². The van der Waals surface area contributed by atoms with E-state index in [9.17, 15) is 4.79 Å². The van der Waals surface area contributed by atoms with E-state index in [2.05, 4.69) is 55.1 Å². The summed E-state index contributed by atoms with van der Waals surface area (Å²) in [6.07, 6.45) is 17.6. The molecule has 75 heavy (non-hydrogen) atoms. The molecule has 4 N–H and O–H groups in total. The molecule has 6 aromatic heterocycles. The van der Waals surface area contributed by atoms with Crippen LogP contribution in [0.1, 0.15) is 82.4 Å². The van der Waals surface area contributed by atoms with Gasteiger partial charge in [0.15, 0.2) is 5.65 Å². The summed E-state index contributed by atoms with van der Waals surface area (Å²) in [5.74, 6) is 2.46. The summed E-state index contributed by atoms with van der Waals surface area (Å²) in [6, 6.07) is 25.9. The van der Waals surface area contributed by atoms with Crippen molar-refractivity contribution in [1.82, 2.24) is 54.7 Å². The van der Waals surface area contributed by atoms with Gasteiger partial charge in [-0.3, -0.25) is 19.5 Å². The molecule has 3 aliphatic rings. The summed E-state index contributed by atoms with van der Waals surface area (Å²) in [7, 11) is 1.66. The van der Waals surface area contributed by atoms with E-state index in [1.54, 1.807) is 19.5 Å². The minimum absolute atomic E-state index is 0.188. The number of nitrogen functional groups attached to an aromatic ring is 1. The molecule has 0 aliphatic heterocycles. The number of alkyl carbamates (subject to hydrolysis) is 1. The summed E-state index contributed by atoms with van der Waals surface area (Å²) >= 11 is 18.1.